The highest BCUT2D eigenvalue weighted by Crippen LogP contribution is 2.30. The third kappa shape index (κ3) is 4.07. The Morgan fingerprint density at radius 1 is 1.08 bits per heavy atom. The van der Waals surface area contributed by atoms with Crippen molar-refractivity contribution >= 4 is 11.7 Å². The lowest BCUT2D eigenvalue weighted by Gasteiger charge is -2.17. The summed E-state index contributed by atoms with van der Waals surface area (Å²) in [6, 6.07) is 8.35. The number of carbonyl (C=O) groups is 1. The second-order valence-corrected chi connectivity index (χ2v) is 4.99. The van der Waals surface area contributed by atoms with E-state index in [4.69, 9.17) is 14.2 Å². The minimum atomic E-state index is -0.358. The number of carbonyl (C=O) groups excluding carboxylic acids is 1. The molecule has 0 aliphatic rings. The number of benzene rings is 1. The van der Waals surface area contributed by atoms with Gasteiger partial charge in [0, 0.05) is 6.20 Å². The number of urea groups is 1. The van der Waals surface area contributed by atoms with Crippen molar-refractivity contribution in [3.63, 3.8) is 0 Å². The molecule has 0 unspecified atom stereocenters. The number of methoxy groups -OCH3 is 3. The maximum Gasteiger partial charge on any atom is 0.319 e. The largest absolute Gasteiger partial charge is 0.493 e. The van der Waals surface area contributed by atoms with Crippen LogP contribution in [0.3, 0.4) is 0 Å². The molecule has 1 aromatic carbocycles. The summed E-state index contributed by atoms with van der Waals surface area (Å²) in [6.07, 6.45) is 1.59. The average molecular weight is 331 g/mol. The maximum absolute atomic E-state index is 12.2. The van der Waals surface area contributed by atoms with Crippen LogP contribution in [-0.4, -0.2) is 32.3 Å². The summed E-state index contributed by atoms with van der Waals surface area (Å²) in [4.78, 5) is 16.2. The van der Waals surface area contributed by atoms with Crippen molar-refractivity contribution in [1.82, 2.24) is 10.3 Å². The van der Waals surface area contributed by atoms with Crippen molar-refractivity contribution in [2.24, 2.45) is 0 Å². The number of nitrogens with zero attached hydrogens (tertiary/aromatic N) is 1. The Hall–Kier alpha value is -2.96. The van der Waals surface area contributed by atoms with E-state index in [1.807, 2.05) is 19.1 Å². The molecule has 0 fully saturated rings. The lowest BCUT2D eigenvalue weighted by molar-refractivity contribution is 0.249. The Labute approximate surface area is 140 Å². The lowest BCUT2D eigenvalue weighted by atomic mass is 10.1. The molecule has 1 atom stereocenters. The Balaban J connectivity index is 2.06. The smallest absolute Gasteiger partial charge is 0.319 e. The molecule has 7 nitrogen and oxygen atoms in total. The number of ether oxygens (including phenoxy) is 3. The predicted octanol–water partition coefficient (Wildman–Crippen LogP) is 2.99. The fourth-order valence-corrected chi connectivity index (χ4v) is 2.21. The van der Waals surface area contributed by atoms with E-state index in [1.54, 1.807) is 38.6 Å². The van der Waals surface area contributed by atoms with Gasteiger partial charge in [0.15, 0.2) is 11.5 Å². The number of nitrogens with one attached hydrogen (secondary N) is 2. The van der Waals surface area contributed by atoms with Gasteiger partial charge in [-0.2, -0.15) is 0 Å². The quantitative estimate of drug-likeness (QED) is 0.850. The van der Waals surface area contributed by atoms with Gasteiger partial charge >= 0.3 is 6.03 Å². The SMILES string of the molecule is COc1ccc([C@H](C)NC(=O)Nc2cccnc2OC)cc1OC. The van der Waals surface area contributed by atoms with Crippen molar-refractivity contribution in [2.45, 2.75) is 13.0 Å². The summed E-state index contributed by atoms with van der Waals surface area (Å²) < 4.78 is 15.6. The molecular weight excluding hydrogens is 310 g/mol. The number of hydrogen-bond acceptors (Lipinski definition) is 5. The van der Waals surface area contributed by atoms with E-state index in [-0.39, 0.29) is 12.1 Å². The Morgan fingerprint density at radius 2 is 1.83 bits per heavy atom. The van der Waals surface area contributed by atoms with E-state index in [2.05, 4.69) is 15.6 Å². The number of aromatic nitrogens is 1. The molecule has 1 aromatic heterocycles. The molecule has 2 aromatic rings. The van der Waals surface area contributed by atoms with Crippen LogP contribution < -0.4 is 24.8 Å². The highest BCUT2D eigenvalue weighted by atomic mass is 16.5. The molecule has 0 saturated carbocycles. The van der Waals surface area contributed by atoms with Crippen molar-refractivity contribution in [3.8, 4) is 17.4 Å². The van der Waals surface area contributed by atoms with Crippen LogP contribution >= 0.6 is 0 Å². The third-order valence-electron chi connectivity index (χ3n) is 3.47. The van der Waals surface area contributed by atoms with E-state index < -0.39 is 0 Å². The van der Waals surface area contributed by atoms with Gasteiger partial charge in [0.1, 0.15) is 5.69 Å². The average Bonchev–Trinajstić information content (AvgIpc) is 2.61. The van der Waals surface area contributed by atoms with Crippen LogP contribution in [0.2, 0.25) is 0 Å². The van der Waals surface area contributed by atoms with Crippen molar-refractivity contribution in [1.29, 1.82) is 0 Å². The van der Waals surface area contributed by atoms with Gasteiger partial charge < -0.3 is 24.8 Å². The fraction of sp³-hybridized carbons (Fsp3) is 0.294. The number of hydrogen-bond donors (Lipinski definition) is 2. The predicted molar refractivity (Wildman–Crippen MR) is 90.9 cm³/mol. The first kappa shape index (κ1) is 17.4. The van der Waals surface area contributed by atoms with Crippen molar-refractivity contribution in [2.75, 3.05) is 26.6 Å². The molecule has 2 N–H and O–H groups in total. The van der Waals surface area contributed by atoms with E-state index in [9.17, 15) is 4.79 Å². The van der Waals surface area contributed by atoms with Crippen LogP contribution in [-0.2, 0) is 0 Å². The van der Waals surface area contributed by atoms with Crippen LogP contribution in [0.5, 0.6) is 17.4 Å². The Kier molecular flexibility index (Phi) is 5.83. The van der Waals surface area contributed by atoms with Gasteiger partial charge in [0.25, 0.3) is 0 Å². The zero-order valence-electron chi connectivity index (χ0n) is 14.1. The van der Waals surface area contributed by atoms with Crippen molar-refractivity contribution in [3.05, 3.63) is 42.1 Å². The first-order chi connectivity index (χ1) is 11.6. The van der Waals surface area contributed by atoms with Gasteiger partial charge in [0.05, 0.1) is 27.4 Å². The monoisotopic (exact) mass is 331 g/mol. The molecule has 128 valence electrons. The normalized spacial score (nSPS) is 11.3. The molecule has 0 aliphatic carbocycles. The summed E-state index contributed by atoms with van der Waals surface area (Å²) in [5.41, 5.74) is 1.39. The van der Waals surface area contributed by atoms with E-state index in [0.29, 0.717) is 23.1 Å². The second kappa shape index (κ2) is 8.05. The number of pyridine rings is 1. The van der Waals surface area contributed by atoms with Gasteiger partial charge in [-0.1, -0.05) is 6.07 Å². The van der Waals surface area contributed by atoms with Crippen LogP contribution in [0.25, 0.3) is 0 Å². The standard InChI is InChI=1S/C17H21N3O4/c1-11(12-7-8-14(22-2)15(10-12)23-3)19-17(21)20-13-6-5-9-18-16(13)24-4/h5-11H,1-4H3,(H2,19,20,21)/t11-/m0/s1. The summed E-state index contributed by atoms with van der Waals surface area (Å²) in [5, 5.41) is 5.57. The molecular formula is C17H21N3O4. The van der Waals surface area contributed by atoms with E-state index >= 15 is 0 Å². The summed E-state index contributed by atoms with van der Waals surface area (Å²) in [6.45, 7) is 1.88. The molecule has 0 spiro atoms. The van der Waals surface area contributed by atoms with Crippen LogP contribution in [0, 0.1) is 0 Å². The zero-order chi connectivity index (χ0) is 17.5. The summed E-state index contributed by atoms with van der Waals surface area (Å²) in [5.74, 6) is 1.60. The summed E-state index contributed by atoms with van der Waals surface area (Å²) >= 11 is 0. The number of anilines is 1. The molecule has 2 amide bonds. The molecule has 0 saturated heterocycles. The number of amides is 2. The molecule has 2 rings (SSSR count). The van der Waals surface area contributed by atoms with Crippen LogP contribution in [0.4, 0.5) is 10.5 Å². The van der Waals surface area contributed by atoms with Crippen molar-refractivity contribution < 1.29 is 19.0 Å². The van der Waals surface area contributed by atoms with E-state index in [1.165, 1.54) is 7.11 Å². The first-order valence-electron chi connectivity index (χ1n) is 7.37. The minimum Gasteiger partial charge on any atom is -0.493 e. The second-order valence-electron chi connectivity index (χ2n) is 4.99. The van der Waals surface area contributed by atoms with Crippen LogP contribution in [0.1, 0.15) is 18.5 Å². The minimum absolute atomic E-state index is 0.229. The van der Waals surface area contributed by atoms with Gasteiger partial charge in [-0.25, -0.2) is 9.78 Å². The van der Waals surface area contributed by atoms with E-state index in [0.717, 1.165) is 5.56 Å². The Bertz CT molecular complexity index is 706. The third-order valence-corrected chi connectivity index (χ3v) is 3.47. The molecule has 0 aliphatic heterocycles. The zero-order valence-corrected chi connectivity index (χ0v) is 14.1. The summed E-state index contributed by atoms with van der Waals surface area (Å²) in [7, 11) is 4.65. The molecule has 7 heteroatoms. The van der Waals surface area contributed by atoms with Crippen LogP contribution in [0.15, 0.2) is 36.5 Å². The lowest BCUT2D eigenvalue weighted by Crippen LogP contribution is -2.31. The maximum atomic E-state index is 12.2. The highest BCUT2D eigenvalue weighted by Gasteiger charge is 2.14. The van der Waals surface area contributed by atoms with Gasteiger partial charge in [-0.05, 0) is 36.8 Å². The van der Waals surface area contributed by atoms with Gasteiger partial charge in [-0.3, -0.25) is 0 Å². The van der Waals surface area contributed by atoms with Gasteiger partial charge in [-0.15, -0.1) is 0 Å². The first-order valence-corrected chi connectivity index (χ1v) is 7.37. The molecule has 0 bridgehead atoms. The molecule has 1 heterocycles. The Morgan fingerprint density at radius 3 is 2.50 bits per heavy atom. The fourth-order valence-electron chi connectivity index (χ4n) is 2.21. The topological polar surface area (TPSA) is 81.7 Å². The molecule has 24 heavy (non-hydrogen) atoms. The van der Waals surface area contributed by atoms with Gasteiger partial charge in [0.2, 0.25) is 5.88 Å². The highest BCUT2D eigenvalue weighted by molar-refractivity contribution is 5.90. The number of rotatable bonds is 6. The molecule has 0 radical (unpaired) electrons.